The summed E-state index contributed by atoms with van der Waals surface area (Å²) in [5.74, 6) is -0.247. The van der Waals surface area contributed by atoms with Gasteiger partial charge in [-0.25, -0.2) is 0 Å². The first-order valence-corrected chi connectivity index (χ1v) is 10.3. The molecule has 0 aliphatic heterocycles. The molecule has 2 N–H and O–H groups in total. The van der Waals surface area contributed by atoms with Gasteiger partial charge < -0.3 is 10.6 Å². The highest BCUT2D eigenvalue weighted by molar-refractivity contribution is 9.10. The molecule has 3 aromatic carbocycles. The number of nitrogens with one attached hydrogen (secondary N) is 2. The first-order chi connectivity index (χ1) is 13.5. The normalized spacial score (nSPS) is 10.4. The van der Waals surface area contributed by atoms with Crippen molar-refractivity contribution in [2.45, 2.75) is 23.3 Å². The van der Waals surface area contributed by atoms with Crippen LogP contribution in [0.4, 0.5) is 5.69 Å². The average Bonchev–Trinajstić information content (AvgIpc) is 2.70. The van der Waals surface area contributed by atoms with E-state index in [9.17, 15) is 9.59 Å². The van der Waals surface area contributed by atoms with Crippen LogP contribution in [0.1, 0.15) is 22.8 Å². The van der Waals surface area contributed by atoms with Crippen LogP contribution >= 0.6 is 27.7 Å². The van der Waals surface area contributed by atoms with Crippen molar-refractivity contribution in [3.63, 3.8) is 0 Å². The van der Waals surface area contributed by atoms with Crippen LogP contribution in [0.5, 0.6) is 0 Å². The smallest absolute Gasteiger partial charge is 0.255 e. The summed E-state index contributed by atoms with van der Waals surface area (Å²) in [6.45, 7) is 1.93. The molecular weight excluding hydrogens is 436 g/mol. The topological polar surface area (TPSA) is 58.2 Å². The van der Waals surface area contributed by atoms with Crippen molar-refractivity contribution in [2.75, 3.05) is 5.32 Å². The Balaban J connectivity index is 1.58. The second kappa shape index (κ2) is 9.57. The highest BCUT2D eigenvalue weighted by Crippen LogP contribution is 2.29. The summed E-state index contributed by atoms with van der Waals surface area (Å²) in [6, 6.07) is 23.1. The van der Waals surface area contributed by atoms with E-state index in [-0.39, 0.29) is 11.8 Å². The van der Waals surface area contributed by atoms with E-state index in [0.717, 1.165) is 25.5 Å². The molecule has 0 fully saturated rings. The van der Waals surface area contributed by atoms with Gasteiger partial charge >= 0.3 is 0 Å². The lowest BCUT2D eigenvalue weighted by atomic mass is 10.1. The van der Waals surface area contributed by atoms with Gasteiger partial charge in [-0.05, 0) is 66.2 Å². The maximum absolute atomic E-state index is 12.4. The third-order valence-corrected chi connectivity index (χ3v) is 5.46. The largest absolute Gasteiger partial charge is 0.352 e. The third kappa shape index (κ3) is 5.97. The molecule has 28 heavy (non-hydrogen) atoms. The van der Waals surface area contributed by atoms with Crippen LogP contribution in [0.3, 0.4) is 0 Å². The molecule has 2 amide bonds. The van der Waals surface area contributed by atoms with Crippen LogP contribution < -0.4 is 10.6 Å². The summed E-state index contributed by atoms with van der Waals surface area (Å²) in [5, 5.41) is 5.63. The first kappa shape index (κ1) is 20.2. The Morgan fingerprint density at radius 1 is 0.857 bits per heavy atom. The second-order valence-electron chi connectivity index (χ2n) is 6.14. The molecule has 3 aromatic rings. The van der Waals surface area contributed by atoms with Crippen molar-refractivity contribution < 1.29 is 9.59 Å². The minimum absolute atomic E-state index is 0.0800. The molecule has 0 aliphatic rings. The van der Waals surface area contributed by atoms with Crippen molar-refractivity contribution in [3.05, 3.63) is 88.4 Å². The minimum atomic E-state index is -0.167. The van der Waals surface area contributed by atoms with Gasteiger partial charge in [0, 0.05) is 39.0 Å². The van der Waals surface area contributed by atoms with E-state index < -0.39 is 0 Å². The van der Waals surface area contributed by atoms with Gasteiger partial charge in [0.2, 0.25) is 5.91 Å². The van der Waals surface area contributed by atoms with E-state index in [0.29, 0.717) is 12.1 Å². The monoisotopic (exact) mass is 454 g/mol. The molecule has 0 radical (unpaired) electrons. The fourth-order valence-corrected chi connectivity index (χ4v) is 3.53. The quantitative estimate of drug-likeness (QED) is 0.517. The third-order valence-electron chi connectivity index (χ3n) is 3.92. The number of halogens is 1. The molecule has 0 saturated carbocycles. The fourth-order valence-electron chi connectivity index (χ4n) is 2.45. The van der Waals surface area contributed by atoms with Crippen molar-refractivity contribution in [2.24, 2.45) is 0 Å². The van der Waals surface area contributed by atoms with Gasteiger partial charge in [-0.2, -0.15) is 0 Å². The van der Waals surface area contributed by atoms with Gasteiger partial charge in [0.1, 0.15) is 0 Å². The number of anilines is 1. The molecular formula is C22H19BrN2O2S. The van der Waals surface area contributed by atoms with E-state index in [1.807, 2.05) is 48.5 Å². The Bertz CT molecular complexity index is 955. The van der Waals surface area contributed by atoms with Gasteiger partial charge in [-0.15, -0.1) is 0 Å². The Labute approximate surface area is 176 Å². The molecule has 3 rings (SSSR count). The maximum atomic E-state index is 12.4. The molecule has 6 heteroatoms. The maximum Gasteiger partial charge on any atom is 0.255 e. The zero-order valence-corrected chi connectivity index (χ0v) is 17.6. The highest BCUT2D eigenvalue weighted by Gasteiger charge is 2.07. The number of hydrogen-bond donors (Lipinski definition) is 2. The molecule has 0 heterocycles. The summed E-state index contributed by atoms with van der Waals surface area (Å²) in [7, 11) is 0. The predicted octanol–water partition coefficient (Wildman–Crippen LogP) is 5.49. The number of hydrogen-bond acceptors (Lipinski definition) is 3. The summed E-state index contributed by atoms with van der Waals surface area (Å²) in [5.41, 5.74) is 2.26. The standard InChI is InChI=1S/C22H19BrN2O2S/c1-15(26)24-14-16-2-4-17(5-3-16)22(27)25-19-8-12-21(13-9-19)28-20-10-6-18(23)7-11-20/h2-13H,14H2,1H3,(H,24,26)(H,25,27). The Kier molecular flexibility index (Phi) is 6.90. The van der Waals surface area contributed by atoms with Gasteiger partial charge in [0.05, 0.1) is 0 Å². The summed E-state index contributed by atoms with van der Waals surface area (Å²) >= 11 is 5.10. The van der Waals surface area contributed by atoms with Gasteiger partial charge in [-0.3, -0.25) is 9.59 Å². The van der Waals surface area contributed by atoms with E-state index in [2.05, 4.69) is 38.7 Å². The predicted molar refractivity (Wildman–Crippen MR) is 117 cm³/mol. The van der Waals surface area contributed by atoms with Crippen molar-refractivity contribution in [1.29, 1.82) is 0 Å². The number of rotatable bonds is 6. The molecule has 0 bridgehead atoms. The van der Waals surface area contributed by atoms with E-state index in [1.165, 1.54) is 6.92 Å². The molecule has 0 aliphatic carbocycles. The van der Waals surface area contributed by atoms with E-state index in [1.54, 1.807) is 23.9 Å². The number of carbonyl (C=O) groups excluding carboxylic acids is 2. The van der Waals surface area contributed by atoms with Crippen LogP contribution in [0.2, 0.25) is 0 Å². The van der Waals surface area contributed by atoms with Crippen LogP contribution in [-0.2, 0) is 11.3 Å². The Morgan fingerprint density at radius 3 is 2.00 bits per heavy atom. The molecule has 4 nitrogen and oxygen atoms in total. The van der Waals surface area contributed by atoms with Crippen LogP contribution in [0.25, 0.3) is 0 Å². The number of carbonyl (C=O) groups is 2. The lowest BCUT2D eigenvalue weighted by molar-refractivity contribution is -0.119. The van der Waals surface area contributed by atoms with Gasteiger partial charge in [0.25, 0.3) is 5.91 Å². The van der Waals surface area contributed by atoms with Crippen LogP contribution in [0.15, 0.2) is 87.1 Å². The average molecular weight is 455 g/mol. The van der Waals surface area contributed by atoms with Gasteiger partial charge in [0.15, 0.2) is 0 Å². The molecule has 142 valence electrons. The number of amides is 2. The molecule has 0 unspecified atom stereocenters. The summed E-state index contributed by atoms with van der Waals surface area (Å²) < 4.78 is 1.05. The lowest BCUT2D eigenvalue weighted by Crippen LogP contribution is -2.19. The summed E-state index contributed by atoms with van der Waals surface area (Å²) in [4.78, 5) is 25.6. The van der Waals surface area contributed by atoms with Crippen molar-refractivity contribution in [1.82, 2.24) is 5.32 Å². The molecule has 0 spiro atoms. The van der Waals surface area contributed by atoms with Gasteiger partial charge in [-0.1, -0.05) is 39.8 Å². The van der Waals surface area contributed by atoms with E-state index in [4.69, 9.17) is 0 Å². The number of benzene rings is 3. The summed E-state index contributed by atoms with van der Waals surface area (Å²) in [6.07, 6.45) is 0. The van der Waals surface area contributed by atoms with Crippen LogP contribution in [-0.4, -0.2) is 11.8 Å². The lowest BCUT2D eigenvalue weighted by Gasteiger charge is -2.08. The van der Waals surface area contributed by atoms with E-state index >= 15 is 0 Å². The SMILES string of the molecule is CC(=O)NCc1ccc(C(=O)Nc2ccc(Sc3ccc(Br)cc3)cc2)cc1. The van der Waals surface area contributed by atoms with Crippen molar-refractivity contribution >= 4 is 45.2 Å². The molecule has 0 saturated heterocycles. The zero-order valence-electron chi connectivity index (χ0n) is 15.2. The minimum Gasteiger partial charge on any atom is -0.352 e. The Morgan fingerprint density at radius 2 is 1.43 bits per heavy atom. The molecule has 0 aromatic heterocycles. The van der Waals surface area contributed by atoms with Crippen molar-refractivity contribution in [3.8, 4) is 0 Å². The fraction of sp³-hybridized carbons (Fsp3) is 0.0909. The zero-order chi connectivity index (χ0) is 19.9. The Hall–Kier alpha value is -2.57. The molecule has 0 atom stereocenters. The highest BCUT2D eigenvalue weighted by atomic mass is 79.9. The first-order valence-electron chi connectivity index (χ1n) is 8.68. The second-order valence-corrected chi connectivity index (χ2v) is 8.20. The van der Waals surface area contributed by atoms with Crippen LogP contribution in [0, 0.1) is 0 Å².